The van der Waals surface area contributed by atoms with Gasteiger partial charge in [-0.2, -0.15) is 15.0 Å². The Kier molecular flexibility index (Phi) is 4.21. The van der Waals surface area contributed by atoms with Crippen LogP contribution in [0.15, 0.2) is 0 Å². The van der Waals surface area contributed by atoms with Crippen molar-refractivity contribution in [1.82, 2.24) is 15.0 Å². The van der Waals surface area contributed by atoms with Crippen LogP contribution in [0.25, 0.3) is 0 Å². The van der Waals surface area contributed by atoms with Gasteiger partial charge in [0.15, 0.2) is 0 Å². The summed E-state index contributed by atoms with van der Waals surface area (Å²) in [6.07, 6.45) is 1.17. The lowest BCUT2D eigenvalue weighted by Gasteiger charge is -2.35. The molecule has 1 aliphatic heterocycles. The van der Waals surface area contributed by atoms with Crippen molar-refractivity contribution in [3.63, 3.8) is 0 Å². The van der Waals surface area contributed by atoms with Gasteiger partial charge >= 0.3 is 0 Å². The topological polar surface area (TPSA) is 71.4 Å². The molecule has 1 aromatic heterocycles. The zero-order chi connectivity index (χ0) is 13.2. The third-order valence-corrected chi connectivity index (χ3v) is 3.20. The molecule has 18 heavy (non-hydrogen) atoms. The first kappa shape index (κ1) is 13.7. The van der Waals surface area contributed by atoms with Crippen molar-refractivity contribution in [2.45, 2.75) is 18.4 Å². The second-order valence-electron chi connectivity index (χ2n) is 4.37. The standard InChI is InChI=1S/C10H14Cl2N4O2/c1-16(6-10(17)2-4-18-5-3-10)9-14-7(11)13-8(12)15-9/h17H,2-6H2,1H3. The molecule has 1 aliphatic rings. The Morgan fingerprint density at radius 1 is 1.22 bits per heavy atom. The van der Waals surface area contributed by atoms with Crippen molar-refractivity contribution in [2.24, 2.45) is 0 Å². The molecule has 0 amide bonds. The lowest BCUT2D eigenvalue weighted by atomic mass is 9.94. The Hall–Kier alpha value is -0.690. The van der Waals surface area contributed by atoms with Crippen LogP contribution >= 0.6 is 23.2 Å². The second kappa shape index (κ2) is 5.52. The van der Waals surface area contributed by atoms with Crippen molar-refractivity contribution >= 4 is 29.2 Å². The molecule has 0 aliphatic carbocycles. The molecule has 8 heteroatoms. The SMILES string of the molecule is CN(CC1(O)CCOCC1)c1nc(Cl)nc(Cl)n1. The molecule has 1 N–H and O–H groups in total. The first-order chi connectivity index (χ1) is 8.48. The summed E-state index contributed by atoms with van der Waals surface area (Å²) in [6, 6.07) is 0. The fourth-order valence-corrected chi connectivity index (χ4v) is 2.26. The molecular weight excluding hydrogens is 279 g/mol. The maximum atomic E-state index is 10.4. The van der Waals surface area contributed by atoms with E-state index in [4.69, 9.17) is 27.9 Å². The van der Waals surface area contributed by atoms with Gasteiger partial charge in [0.2, 0.25) is 16.5 Å². The van der Waals surface area contributed by atoms with Crippen LogP contribution in [-0.2, 0) is 4.74 Å². The largest absolute Gasteiger partial charge is 0.388 e. The summed E-state index contributed by atoms with van der Waals surface area (Å²) in [4.78, 5) is 13.3. The van der Waals surface area contributed by atoms with Crippen LogP contribution < -0.4 is 4.90 Å². The average molecular weight is 293 g/mol. The molecule has 0 unspecified atom stereocenters. The van der Waals surface area contributed by atoms with Gasteiger partial charge in [-0.25, -0.2) is 0 Å². The smallest absolute Gasteiger partial charge is 0.230 e. The minimum absolute atomic E-state index is 0.0378. The highest BCUT2D eigenvalue weighted by atomic mass is 35.5. The molecule has 0 saturated carbocycles. The number of aromatic nitrogens is 3. The van der Waals surface area contributed by atoms with Gasteiger partial charge in [0.05, 0.1) is 5.60 Å². The Balaban J connectivity index is 2.08. The first-order valence-electron chi connectivity index (χ1n) is 5.57. The monoisotopic (exact) mass is 292 g/mol. The highest BCUT2D eigenvalue weighted by Crippen LogP contribution is 2.23. The van der Waals surface area contributed by atoms with Crippen LogP contribution in [0, 0.1) is 0 Å². The van der Waals surface area contributed by atoms with Gasteiger partial charge in [0.25, 0.3) is 0 Å². The van der Waals surface area contributed by atoms with Crippen LogP contribution in [0.1, 0.15) is 12.8 Å². The number of anilines is 1. The van der Waals surface area contributed by atoms with E-state index in [1.807, 2.05) is 0 Å². The van der Waals surface area contributed by atoms with E-state index in [0.29, 0.717) is 38.5 Å². The minimum Gasteiger partial charge on any atom is -0.388 e. The summed E-state index contributed by atoms with van der Waals surface area (Å²) in [6.45, 7) is 1.51. The van der Waals surface area contributed by atoms with Crippen molar-refractivity contribution < 1.29 is 9.84 Å². The van der Waals surface area contributed by atoms with Crippen LogP contribution in [0.2, 0.25) is 10.6 Å². The van der Waals surface area contributed by atoms with Crippen molar-refractivity contribution in [3.8, 4) is 0 Å². The van der Waals surface area contributed by atoms with E-state index in [9.17, 15) is 5.11 Å². The molecular formula is C10H14Cl2N4O2. The average Bonchev–Trinajstić information content (AvgIpc) is 2.28. The maximum Gasteiger partial charge on any atom is 0.230 e. The molecule has 0 radical (unpaired) electrons. The molecule has 0 atom stereocenters. The lowest BCUT2D eigenvalue weighted by molar-refractivity contribution is -0.0574. The van der Waals surface area contributed by atoms with E-state index >= 15 is 0 Å². The van der Waals surface area contributed by atoms with E-state index in [1.165, 1.54) is 0 Å². The number of ether oxygens (including phenoxy) is 1. The molecule has 1 saturated heterocycles. The van der Waals surface area contributed by atoms with E-state index in [1.54, 1.807) is 11.9 Å². The van der Waals surface area contributed by atoms with Crippen molar-refractivity contribution in [1.29, 1.82) is 0 Å². The number of aliphatic hydroxyl groups is 1. The predicted octanol–water partition coefficient (Wildman–Crippen LogP) is 1.16. The number of nitrogens with zero attached hydrogens (tertiary/aromatic N) is 4. The fourth-order valence-electron chi connectivity index (χ4n) is 1.91. The third kappa shape index (κ3) is 3.41. The Labute approximate surface area is 115 Å². The van der Waals surface area contributed by atoms with Gasteiger partial charge in [-0.1, -0.05) is 0 Å². The Morgan fingerprint density at radius 3 is 2.33 bits per heavy atom. The summed E-state index contributed by atoms with van der Waals surface area (Å²) in [7, 11) is 1.77. The van der Waals surface area contributed by atoms with Crippen LogP contribution in [0.3, 0.4) is 0 Å². The number of hydrogen-bond donors (Lipinski definition) is 1. The minimum atomic E-state index is -0.793. The molecule has 6 nitrogen and oxygen atoms in total. The molecule has 2 rings (SSSR count). The number of likely N-dealkylation sites (N-methyl/N-ethyl adjacent to an activating group) is 1. The molecule has 0 bridgehead atoms. The molecule has 100 valence electrons. The predicted molar refractivity (Wildman–Crippen MR) is 68.1 cm³/mol. The summed E-state index contributed by atoms with van der Waals surface area (Å²) in [5.74, 6) is 0.347. The number of halogens is 2. The second-order valence-corrected chi connectivity index (χ2v) is 5.04. The molecule has 0 aromatic carbocycles. The zero-order valence-electron chi connectivity index (χ0n) is 9.94. The highest BCUT2D eigenvalue weighted by Gasteiger charge is 2.31. The molecule has 1 aromatic rings. The van der Waals surface area contributed by atoms with E-state index < -0.39 is 5.60 Å². The summed E-state index contributed by atoms with van der Waals surface area (Å²) >= 11 is 11.4. The normalized spacial score (nSPS) is 18.7. The zero-order valence-corrected chi connectivity index (χ0v) is 11.4. The fraction of sp³-hybridized carbons (Fsp3) is 0.700. The van der Waals surface area contributed by atoms with Gasteiger partial charge in [-0.3, -0.25) is 0 Å². The molecule has 0 spiro atoms. The maximum absolute atomic E-state index is 10.4. The number of hydrogen-bond acceptors (Lipinski definition) is 6. The van der Waals surface area contributed by atoms with Crippen molar-refractivity contribution in [2.75, 3.05) is 31.7 Å². The van der Waals surface area contributed by atoms with Crippen molar-refractivity contribution in [3.05, 3.63) is 10.6 Å². The van der Waals surface area contributed by atoms with Gasteiger partial charge in [-0.15, -0.1) is 0 Å². The summed E-state index contributed by atoms with van der Waals surface area (Å²) in [5.41, 5.74) is -0.793. The van der Waals surface area contributed by atoms with E-state index in [-0.39, 0.29) is 10.6 Å². The lowest BCUT2D eigenvalue weighted by Crippen LogP contribution is -2.46. The first-order valence-corrected chi connectivity index (χ1v) is 6.32. The van der Waals surface area contributed by atoms with E-state index in [0.717, 1.165) is 0 Å². The Bertz CT molecular complexity index is 406. The van der Waals surface area contributed by atoms with Gasteiger partial charge in [0.1, 0.15) is 0 Å². The van der Waals surface area contributed by atoms with Crippen LogP contribution in [0.5, 0.6) is 0 Å². The highest BCUT2D eigenvalue weighted by molar-refractivity contribution is 6.31. The van der Waals surface area contributed by atoms with Gasteiger partial charge < -0.3 is 14.7 Å². The third-order valence-electron chi connectivity index (χ3n) is 2.87. The summed E-state index contributed by atoms with van der Waals surface area (Å²) in [5, 5.41) is 10.5. The molecule has 2 heterocycles. The molecule has 1 fully saturated rings. The van der Waals surface area contributed by atoms with E-state index in [2.05, 4.69) is 15.0 Å². The quantitative estimate of drug-likeness (QED) is 0.901. The van der Waals surface area contributed by atoms with Gasteiger partial charge in [-0.05, 0) is 23.2 Å². The number of rotatable bonds is 3. The van der Waals surface area contributed by atoms with Crippen LogP contribution in [0.4, 0.5) is 5.95 Å². The summed E-state index contributed by atoms with van der Waals surface area (Å²) < 4.78 is 5.23. The van der Waals surface area contributed by atoms with Gasteiger partial charge in [0, 0.05) is 39.6 Å². The van der Waals surface area contributed by atoms with Crippen LogP contribution in [-0.4, -0.2) is 52.5 Å². The Morgan fingerprint density at radius 2 is 1.78 bits per heavy atom.